The molecular weight excluding hydrogens is 171 g/mol. The van der Waals surface area contributed by atoms with Gasteiger partial charge in [0, 0.05) is 0 Å². The molecule has 2 aromatic rings. The Balaban J connectivity index is 2.80. The van der Waals surface area contributed by atoms with E-state index >= 15 is 0 Å². The van der Waals surface area contributed by atoms with Crippen molar-refractivity contribution in [1.82, 2.24) is 9.97 Å². The highest BCUT2D eigenvalue weighted by molar-refractivity contribution is 6.62. The zero-order chi connectivity index (χ0) is 9.42. The third kappa shape index (κ3) is 1.16. The summed E-state index contributed by atoms with van der Waals surface area (Å²) < 4.78 is 0. The molecule has 2 rings (SSSR count). The highest BCUT2D eigenvalue weighted by Gasteiger charge is 2.20. The lowest BCUT2D eigenvalue weighted by Crippen LogP contribution is -2.30. The number of hydrogen-bond acceptors (Lipinski definition) is 4. The van der Waals surface area contributed by atoms with E-state index in [0.717, 1.165) is 0 Å². The van der Waals surface area contributed by atoms with Gasteiger partial charge in [-0.2, -0.15) is 0 Å². The zero-order valence-electron chi connectivity index (χ0n) is 6.60. The van der Waals surface area contributed by atoms with Crippen molar-refractivity contribution in [3.05, 3.63) is 18.5 Å². The Kier molecular flexibility index (Phi) is 1.71. The topological polar surface area (TPSA) is 89.4 Å². The van der Waals surface area contributed by atoms with Crippen molar-refractivity contribution in [2.75, 3.05) is 0 Å². The lowest BCUT2D eigenvalue weighted by atomic mass is 9.78. The van der Waals surface area contributed by atoms with E-state index in [1.165, 1.54) is 12.4 Å². The molecule has 0 aliphatic carbocycles. The van der Waals surface area contributed by atoms with Crippen LogP contribution in [0.3, 0.4) is 0 Å². The van der Waals surface area contributed by atoms with Crippen molar-refractivity contribution in [2.24, 2.45) is 0 Å². The molecule has 0 fully saturated rings. The van der Waals surface area contributed by atoms with Gasteiger partial charge in [-0.05, 0) is 12.1 Å². The summed E-state index contributed by atoms with van der Waals surface area (Å²) in [6.07, 6.45) is 1.43. The minimum atomic E-state index is -1.72. The quantitative estimate of drug-likeness (QED) is 0.419. The first-order chi connectivity index (χ1) is 6.20. The van der Waals surface area contributed by atoms with Crippen LogP contribution >= 0.6 is 0 Å². The molecule has 0 radical (unpaired) electrons. The van der Waals surface area contributed by atoms with Gasteiger partial charge in [0.1, 0.15) is 5.75 Å². The summed E-state index contributed by atoms with van der Waals surface area (Å²) >= 11 is 0. The standard InChI is InChI=1S/C7H7BN2O3/c11-5-2-1-4-7(10-3-9-4)6(5)8(12)13/h1-3,11-13H,(H,9,10). The van der Waals surface area contributed by atoms with E-state index in [9.17, 15) is 5.11 Å². The molecule has 0 amide bonds. The van der Waals surface area contributed by atoms with Crippen molar-refractivity contribution in [3.8, 4) is 5.75 Å². The Hall–Kier alpha value is -1.53. The van der Waals surface area contributed by atoms with Gasteiger partial charge in [0.2, 0.25) is 0 Å². The van der Waals surface area contributed by atoms with Crippen molar-refractivity contribution in [3.63, 3.8) is 0 Å². The lowest BCUT2D eigenvalue weighted by Gasteiger charge is -2.02. The molecule has 0 unspecified atom stereocenters. The Morgan fingerprint density at radius 1 is 1.31 bits per heavy atom. The van der Waals surface area contributed by atoms with Crippen LogP contribution in [-0.4, -0.2) is 32.2 Å². The lowest BCUT2D eigenvalue weighted by molar-refractivity contribution is 0.420. The van der Waals surface area contributed by atoms with Crippen molar-refractivity contribution < 1.29 is 15.2 Å². The molecule has 0 spiro atoms. The summed E-state index contributed by atoms with van der Waals surface area (Å²) in [6, 6.07) is 3.00. The maximum absolute atomic E-state index is 9.32. The van der Waals surface area contributed by atoms with E-state index in [4.69, 9.17) is 10.0 Å². The maximum Gasteiger partial charge on any atom is 0.494 e. The van der Waals surface area contributed by atoms with Crippen molar-refractivity contribution in [1.29, 1.82) is 0 Å². The van der Waals surface area contributed by atoms with Crippen LogP contribution in [-0.2, 0) is 0 Å². The molecule has 13 heavy (non-hydrogen) atoms. The molecule has 0 aliphatic rings. The molecule has 6 heteroatoms. The van der Waals surface area contributed by atoms with Gasteiger partial charge in [-0.1, -0.05) is 0 Å². The Labute approximate surface area is 73.8 Å². The average Bonchev–Trinajstić information content (AvgIpc) is 2.50. The molecule has 0 bridgehead atoms. The Morgan fingerprint density at radius 2 is 2.08 bits per heavy atom. The molecule has 66 valence electrons. The largest absolute Gasteiger partial charge is 0.508 e. The predicted octanol–water partition coefficient (Wildman–Crippen LogP) is -1.05. The highest BCUT2D eigenvalue weighted by atomic mass is 16.4. The third-order valence-corrected chi connectivity index (χ3v) is 1.87. The number of rotatable bonds is 1. The molecule has 0 aliphatic heterocycles. The summed E-state index contributed by atoms with van der Waals surface area (Å²) in [5.41, 5.74) is 1.05. The predicted molar refractivity (Wildman–Crippen MR) is 47.6 cm³/mol. The van der Waals surface area contributed by atoms with E-state index < -0.39 is 7.12 Å². The fourth-order valence-corrected chi connectivity index (χ4v) is 1.27. The number of phenols is 1. The number of imidazole rings is 1. The van der Waals surface area contributed by atoms with Crippen LogP contribution in [0.2, 0.25) is 0 Å². The second-order valence-electron chi connectivity index (χ2n) is 2.67. The van der Waals surface area contributed by atoms with E-state index in [2.05, 4.69) is 9.97 Å². The first-order valence-electron chi connectivity index (χ1n) is 3.71. The summed E-state index contributed by atoms with van der Waals surface area (Å²) in [5, 5.41) is 27.2. The monoisotopic (exact) mass is 178 g/mol. The molecular formula is C7H7BN2O3. The molecule has 0 saturated heterocycles. The number of aromatic amines is 1. The van der Waals surface area contributed by atoms with Crippen LogP contribution in [0.4, 0.5) is 0 Å². The number of nitrogens with one attached hydrogen (secondary N) is 1. The highest BCUT2D eigenvalue weighted by Crippen LogP contribution is 2.13. The number of fused-ring (bicyclic) bond motifs is 1. The van der Waals surface area contributed by atoms with Crippen molar-refractivity contribution in [2.45, 2.75) is 0 Å². The molecule has 5 nitrogen and oxygen atoms in total. The van der Waals surface area contributed by atoms with Gasteiger partial charge in [-0.25, -0.2) is 4.98 Å². The molecule has 1 aromatic heterocycles. The van der Waals surface area contributed by atoms with Crippen LogP contribution in [0.15, 0.2) is 18.5 Å². The van der Waals surface area contributed by atoms with E-state index in [1.807, 2.05) is 0 Å². The van der Waals surface area contributed by atoms with Crippen LogP contribution in [0.25, 0.3) is 11.0 Å². The van der Waals surface area contributed by atoms with Crippen LogP contribution in [0, 0.1) is 0 Å². The summed E-state index contributed by atoms with van der Waals surface area (Å²) in [6.45, 7) is 0. The van der Waals surface area contributed by atoms with Crippen molar-refractivity contribution >= 4 is 23.6 Å². The van der Waals surface area contributed by atoms with E-state index in [1.54, 1.807) is 6.07 Å². The van der Waals surface area contributed by atoms with Gasteiger partial charge >= 0.3 is 7.12 Å². The normalized spacial score (nSPS) is 10.6. The average molecular weight is 178 g/mol. The van der Waals surface area contributed by atoms with Gasteiger partial charge in [-0.15, -0.1) is 0 Å². The molecule has 1 aromatic carbocycles. The van der Waals surface area contributed by atoms with Gasteiger partial charge in [0.25, 0.3) is 0 Å². The van der Waals surface area contributed by atoms with Gasteiger partial charge in [0.05, 0.1) is 22.8 Å². The number of aromatic hydroxyl groups is 1. The summed E-state index contributed by atoms with van der Waals surface area (Å²) in [4.78, 5) is 6.66. The van der Waals surface area contributed by atoms with E-state index in [-0.39, 0.29) is 11.2 Å². The number of hydrogen-bond donors (Lipinski definition) is 4. The smallest absolute Gasteiger partial charge is 0.494 e. The summed E-state index contributed by atoms with van der Waals surface area (Å²) in [7, 11) is -1.72. The maximum atomic E-state index is 9.32. The fraction of sp³-hybridized carbons (Fsp3) is 0. The molecule has 0 saturated carbocycles. The number of phenolic OH excluding ortho intramolecular Hbond substituents is 1. The van der Waals surface area contributed by atoms with E-state index in [0.29, 0.717) is 11.0 Å². The number of nitrogens with zero attached hydrogens (tertiary/aromatic N) is 1. The second kappa shape index (κ2) is 2.76. The van der Waals surface area contributed by atoms with Crippen LogP contribution in [0.5, 0.6) is 5.75 Å². The number of benzene rings is 1. The minimum absolute atomic E-state index is 0.0266. The Morgan fingerprint density at radius 3 is 2.77 bits per heavy atom. The van der Waals surface area contributed by atoms with Gasteiger partial charge in [0.15, 0.2) is 0 Å². The summed E-state index contributed by atoms with van der Waals surface area (Å²) in [5.74, 6) is -0.172. The molecule has 4 N–H and O–H groups in total. The van der Waals surface area contributed by atoms with Gasteiger partial charge in [-0.3, -0.25) is 0 Å². The molecule has 0 atom stereocenters. The first kappa shape index (κ1) is 8.09. The fourth-order valence-electron chi connectivity index (χ4n) is 1.27. The zero-order valence-corrected chi connectivity index (χ0v) is 6.60. The van der Waals surface area contributed by atoms with Crippen LogP contribution < -0.4 is 5.46 Å². The molecule has 1 heterocycles. The minimum Gasteiger partial charge on any atom is -0.508 e. The first-order valence-corrected chi connectivity index (χ1v) is 3.71. The second-order valence-corrected chi connectivity index (χ2v) is 2.67. The van der Waals surface area contributed by atoms with Crippen LogP contribution in [0.1, 0.15) is 0 Å². The van der Waals surface area contributed by atoms with Gasteiger partial charge < -0.3 is 20.1 Å². The number of aromatic nitrogens is 2. The Bertz CT molecular complexity index is 440. The number of H-pyrrole nitrogens is 1. The third-order valence-electron chi connectivity index (χ3n) is 1.87. The SMILES string of the molecule is OB(O)c1c(O)ccc2[nH]cnc12.